The summed E-state index contributed by atoms with van der Waals surface area (Å²) in [5, 5.41) is 0. The van der Waals surface area contributed by atoms with Gasteiger partial charge in [0.25, 0.3) is 0 Å². The van der Waals surface area contributed by atoms with E-state index in [-0.39, 0.29) is 0 Å². The Kier molecular flexibility index (Phi) is 16.3. The van der Waals surface area contributed by atoms with E-state index in [1.54, 1.807) is 0 Å². The van der Waals surface area contributed by atoms with Crippen LogP contribution < -0.4 is 11.8 Å². The summed E-state index contributed by atoms with van der Waals surface area (Å²) >= 11 is -4.59. The number of rotatable bonds is 2. The zero-order chi connectivity index (χ0) is 13.1. The van der Waals surface area contributed by atoms with Crippen LogP contribution in [0.1, 0.15) is 0 Å². The molecule has 0 aromatic rings. The van der Waals surface area contributed by atoms with Crippen molar-refractivity contribution >= 4 is 33.1 Å². The molecule has 8 N–H and O–H groups in total. The molecule has 0 saturated heterocycles. The molecule has 0 spiro atoms. The van der Waals surface area contributed by atoms with E-state index in [2.05, 4.69) is 20.4 Å². The summed E-state index contributed by atoms with van der Waals surface area (Å²) < 4.78 is 71.4. The standard InChI is InChI=1S/2H3NO3S.H2O4S/c2*1-4-5(2)3;1-5(2,3)4/h2*1H2,(H,2,3);(H2,1,2,3,4). The highest BCUT2D eigenvalue weighted by molar-refractivity contribution is 7.79. The van der Waals surface area contributed by atoms with Crippen molar-refractivity contribution in [1.82, 2.24) is 0 Å². The van der Waals surface area contributed by atoms with Gasteiger partial charge in [0.05, 0.1) is 0 Å². The normalized spacial score (nSPS) is 13.7. The molecule has 0 heterocycles. The second-order valence-electron chi connectivity index (χ2n) is 1.07. The second-order valence-corrected chi connectivity index (χ2v) is 3.22. The predicted octanol–water partition coefficient (Wildman–Crippen LogP) is -2.63. The van der Waals surface area contributed by atoms with Gasteiger partial charge in [-0.25, -0.2) is 0 Å². The summed E-state index contributed by atoms with van der Waals surface area (Å²) in [4.78, 5) is 0. The maximum Gasteiger partial charge on any atom is 0.394 e. The summed E-state index contributed by atoms with van der Waals surface area (Å²) in [6.07, 6.45) is 0. The molecule has 0 aliphatic carbocycles. The Labute approximate surface area is 89.0 Å². The third-order valence-electron chi connectivity index (χ3n) is 0.165. The van der Waals surface area contributed by atoms with Crippen LogP contribution in [0, 0.1) is 0 Å². The van der Waals surface area contributed by atoms with E-state index >= 15 is 0 Å². The van der Waals surface area contributed by atoms with Crippen LogP contribution in [0.3, 0.4) is 0 Å². The molecule has 15 heavy (non-hydrogen) atoms. The molecule has 96 valence electrons. The average molecular weight is 292 g/mol. The average Bonchev–Trinajstić information content (AvgIpc) is 2.02. The monoisotopic (exact) mass is 292 g/mol. The van der Waals surface area contributed by atoms with Gasteiger partial charge in [-0.1, -0.05) is 0 Å². The van der Waals surface area contributed by atoms with Gasteiger partial charge in [0.2, 0.25) is 0 Å². The molecule has 0 aromatic carbocycles. The van der Waals surface area contributed by atoms with Crippen molar-refractivity contribution in [3.8, 4) is 0 Å². The molecule has 12 nitrogen and oxygen atoms in total. The van der Waals surface area contributed by atoms with Gasteiger partial charge >= 0.3 is 33.1 Å². The molecule has 0 amide bonds. The fraction of sp³-hybridized carbons (Fsp3) is 0. The lowest BCUT2D eigenvalue weighted by Gasteiger charge is -1.75. The van der Waals surface area contributed by atoms with E-state index in [4.69, 9.17) is 35.0 Å². The van der Waals surface area contributed by atoms with Gasteiger partial charge in [-0.2, -0.15) is 37.2 Å². The van der Waals surface area contributed by atoms with Crippen LogP contribution in [0.5, 0.6) is 0 Å². The Morgan fingerprint density at radius 3 is 1.00 bits per heavy atom. The highest BCUT2D eigenvalue weighted by Gasteiger charge is 1.84. The van der Waals surface area contributed by atoms with Crippen LogP contribution in [0.4, 0.5) is 0 Å². The minimum Gasteiger partial charge on any atom is -0.283 e. The van der Waals surface area contributed by atoms with Crippen LogP contribution >= 0.6 is 0 Å². The largest absolute Gasteiger partial charge is 0.394 e. The van der Waals surface area contributed by atoms with Crippen LogP contribution in [0.2, 0.25) is 0 Å². The van der Waals surface area contributed by atoms with Crippen molar-refractivity contribution in [2.75, 3.05) is 0 Å². The maximum atomic E-state index is 9.13. The summed E-state index contributed by atoms with van der Waals surface area (Å²) in [6, 6.07) is 0. The molecular formula is H8N2O10S3. The van der Waals surface area contributed by atoms with Crippen LogP contribution in [-0.4, -0.2) is 35.0 Å². The van der Waals surface area contributed by atoms with Crippen LogP contribution in [0.15, 0.2) is 0 Å². The Morgan fingerprint density at radius 1 is 0.933 bits per heavy atom. The van der Waals surface area contributed by atoms with Gasteiger partial charge < -0.3 is 0 Å². The SMILES string of the molecule is NOS(=O)O.NOS(=O)O.O=S(=O)(O)O. The van der Waals surface area contributed by atoms with Gasteiger partial charge in [0.1, 0.15) is 0 Å². The molecule has 0 aromatic heterocycles. The lowest BCUT2D eigenvalue weighted by molar-refractivity contribution is 0.319. The molecule has 0 aliphatic rings. The van der Waals surface area contributed by atoms with Crippen molar-refractivity contribution in [2.24, 2.45) is 11.8 Å². The molecule has 15 heteroatoms. The first-order valence-electron chi connectivity index (χ1n) is 2.20. The van der Waals surface area contributed by atoms with Crippen molar-refractivity contribution in [3.63, 3.8) is 0 Å². The molecular weight excluding hydrogens is 284 g/mol. The summed E-state index contributed by atoms with van der Waals surface area (Å²) in [7, 11) is -4.67. The van der Waals surface area contributed by atoms with E-state index in [9.17, 15) is 0 Å². The molecule has 2 unspecified atom stereocenters. The zero-order valence-corrected chi connectivity index (χ0v) is 9.07. The lowest BCUT2D eigenvalue weighted by atomic mass is 13.6. The first-order valence-corrected chi connectivity index (χ1v) is 5.66. The van der Waals surface area contributed by atoms with Gasteiger partial charge in [0.15, 0.2) is 0 Å². The van der Waals surface area contributed by atoms with E-state index in [1.807, 2.05) is 0 Å². The Morgan fingerprint density at radius 2 is 1.00 bits per heavy atom. The highest BCUT2D eigenvalue weighted by atomic mass is 32.3. The topological polar surface area (TPSA) is 220 Å². The van der Waals surface area contributed by atoms with Gasteiger partial charge in [-0.05, 0) is 0 Å². The quantitative estimate of drug-likeness (QED) is 0.175. The van der Waals surface area contributed by atoms with E-state index < -0.39 is 33.1 Å². The molecule has 0 radical (unpaired) electrons. The third kappa shape index (κ3) is 128. The van der Waals surface area contributed by atoms with Crippen molar-refractivity contribution in [3.05, 3.63) is 0 Å². The number of hydrogen-bond donors (Lipinski definition) is 6. The Balaban J connectivity index is -0.000000144. The minimum atomic E-state index is -4.67. The molecule has 0 aliphatic heterocycles. The summed E-state index contributed by atoms with van der Waals surface area (Å²) in [5.41, 5.74) is 0. The first-order chi connectivity index (χ1) is 6.54. The van der Waals surface area contributed by atoms with E-state index in [1.165, 1.54) is 0 Å². The van der Waals surface area contributed by atoms with Crippen molar-refractivity contribution in [1.29, 1.82) is 0 Å². The smallest absolute Gasteiger partial charge is 0.283 e. The van der Waals surface area contributed by atoms with Gasteiger partial charge in [0, 0.05) is 0 Å². The first kappa shape index (κ1) is 20.4. The number of nitrogens with two attached hydrogens (primary N) is 2. The lowest BCUT2D eigenvalue weighted by Crippen LogP contribution is -2.00. The Bertz CT molecular complexity index is 244. The predicted molar refractivity (Wildman–Crippen MR) is 46.3 cm³/mol. The van der Waals surface area contributed by atoms with Crippen LogP contribution in [-0.2, 0) is 41.7 Å². The minimum absolute atomic E-state index is 2.29. The Hall–Kier alpha value is -0.0700. The van der Waals surface area contributed by atoms with Gasteiger partial charge in [-0.15, -0.1) is 0 Å². The second kappa shape index (κ2) is 12.0. The molecule has 0 fully saturated rings. The van der Waals surface area contributed by atoms with Crippen molar-refractivity contribution < 1.29 is 43.6 Å². The summed E-state index contributed by atoms with van der Waals surface area (Å²) in [5.74, 6) is 8.24. The molecule has 0 bridgehead atoms. The molecule has 0 rings (SSSR count). The fourth-order valence-electron chi connectivity index (χ4n) is 0. The summed E-state index contributed by atoms with van der Waals surface area (Å²) in [6.45, 7) is 0. The third-order valence-corrected chi connectivity index (χ3v) is 0.494. The fourth-order valence-corrected chi connectivity index (χ4v) is 0. The van der Waals surface area contributed by atoms with Gasteiger partial charge in [-0.3, -0.25) is 18.2 Å². The molecule has 0 saturated carbocycles. The number of hydrogen-bond acceptors (Lipinski definition) is 8. The van der Waals surface area contributed by atoms with E-state index in [0.29, 0.717) is 0 Å². The highest BCUT2D eigenvalue weighted by Crippen LogP contribution is 1.59. The van der Waals surface area contributed by atoms with Crippen LogP contribution in [0.25, 0.3) is 0 Å². The van der Waals surface area contributed by atoms with E-state index in [0.717, 1.165) is 0 Å². The maximum absolute atomic E-state index is 9.13. The zero-order valence-electron chi connectivity index (χ0n) is 6.62. The molecule has 2 atom stereocenters. The van der Waals surface area contributed by atoms with Crippen molar-refractivity contribution in [2.45, 2.75) is 0 Å².